The first kappa shape index (κ1) is 15.7. The Morgan fingerprint density at radius 2 is 1.75 bits per heavy atom. The maximum absolute atomic E-state index is 2.62. The number of fused-ring (bicyclic) bond motifs is 1. The number of aryl methyl sites for hydroxylation is 1. The van der Waals surface area contributed by atoms with E-state index in [-0.39, 0.29) is 5.54 Å². The van der Waals surface area contributed by atoms with Crippen molar-refractivity contribution < 1.29 is 4.57 Å². The van der Waals surface area contributed by atoms with Crippen molar-refractivity contribution in [3.63, 3.8) is 0 Å². The molecule has 1 aromatic carbocycles. The molecule has 1 fully saturated rings. The van der Waals surface area contributed by atoms with Crippen LogP contribution in [0.1, 0.15) is 74.6 Å². The van der Waals surface area contributed by atoms with Gasteiger partial charge in [-0.1, -0.05) is 37.5 Å². The van der Waals surface area contributed by atoms with Gasteiger partial charge in [0, 0.05) is 6.92 Å². The molecule has 1 saturated carbocycles. The molecule has 1 aliphatic heterocycles. The van der Waals surface area contributed by atoms with Gasteiger partial charge >= 0.3 is 0 Å². The van der Waals surface area contributed by atoms with Crippen LogP contribution in [-0.4, -0.2) is 4.57 Å². The first-order valence-corrected chi connectivity index (χ1v) is 9.43. The molecule has 0 N–H and O–H groups in total. The lowest BCUT2D eigenvalue weighted by Crippen LogP contribution is -2.53. The SMILES string of the molecule is Cc1ccccc1-n1c(C)c2[n+](c1C1CCCCC1)C(C)(C)C=C2. The Morgan fingerprint density at radius 3 is 2.46 bits per heavy atom. The third kappa shape index (κ3) is 2.27. The summed E-state index contributed by atoms with van der Waals surface area (Å²) in [5.74, 6) is 2.19. The van der Waals surface area contributed by atoms with Gasteiger partial charge < -0.3 is 0 Å². The number of aromatic nitrogens is 2. The average Bonchev–Trinajstić information content (AvgIpc) is 3.05. The average molecular weight is 321 g/mol. The van der Waals surface area contributed by atoms with E-state index in [1.807, 2.05) is 0 Å². The van der Waals surface area contributed by atoms with Crippen molar-refractivity contribution in [2.75, 3.05) is 0 Å². The molecule has 2 heterocycles. The molecule has 2 heteroatoms. The molecule has 0 radical (unpaired) electrons. The van der Waals surface area contributed by atoms with E-state index in [2.05, 4.69) is 73.2 Å². The molecule has 0 saturated heterocycles. The normalized spacial score (nSPS) is 19.7. The lowest BCUT2D eigenvalue weighted by molar-refractivity contribution is -0.749. The minimum atomic E-state index is 0.0702. The van der Waals surface area contributed by atoms with Crippen LogP contribution in [0, 0.1) is 13.8 Å². The Balaban J connectivity index is 2.00. The van der Waals surface area contributed by atoms with E-state index in [0.29, 0.717) is 5.92 Å². The molecular weight excluding hydrogens is 292 g/mol. The second kappa shape index (κ2) is 5.61. The van der Waals surface area contributed by atoms with E-state index in [1.54, 1.807) is 0 Å². The van der Waals surface area contributed by atoms with Gasteiger partial charge in [0.2, 0.25) is 0 Å². The van der Waals surface area contributed by atoms with Gasteiger partial charge in [-0.2, -0.15) is 4.57 Å². The van der Waals surface area contributed by atoms with Crippen molar-refractivity contribution in [1.82, 2.24) is 4.57 Å². The summed E-state index contributed by atoms with van der Waals surface area (Å²) in [6, 6.07) is 8.82. The zero-order valence-corrected chi connectivity index (χ0v) is 15.5. The highest BCUT2D eigenvalue weighted by Gasteiger charge is 2.43. The van der Waals surface area contributed by atoms with Crippen LogP contribution in [0.2, 0.25) is 0 Å². The van der Waals surface area contributed by atoms with Crippen LogP contribution in [0.3, 0.4) is 0 Å². The molecule has 2 nitrogen and oxygen atoms in total. The van der Waals surface area contributed by atoms with Gasteiger partial charge in [0.05, 0.1) is 5.92 Å². The van der Waals surface area contributed by atoms with E-state index in [9.17, 15) is 0 Å². The van der Waals surface area contributed by atoms with Crippen molar-refractivity contribution in [2.45, 2.75) is 71.3 Å². The van der Waals surface area contributed by atoms with Gasteiger partial charge in [-0.25, -0.2) is 4.57 Å². The third-order valence-corrected chi connectivity index (χ3v) is 5.96. The smallest absolute Gasteiger partial charge is 0.218 e. The van der Waals surface area contributed by atoms with E-state index < -0.39 is 0 Å². The number of hydrogen-bond acceptors (Lipinski definition) is 0. The predicted octanol–water partition coefficient (Wildman–Crippen LogP) is 5.19. The van der Waals surface area contributed by atoms with Crippen molar-refractivity contribution in [1.29, 1.82) is 0 Å². The molecule has 24 heavy (non-hydrogen) atoms. The van der Waals surface area contributed by atoms with Gasteiger partial charge in [0.15, 0.2) is 11.4 Å². The van der Waals surface area contributed by atoms with Crippen molar-refractivity contribution in [3.05, 3.63) is 53.1 Å². The fourth-order valence-corrected chi connectivity index (χ4v) is 4.67. The maximum Gasteiger partial charge on any atom is 0.266 e. The largest absolute Gasteiger partial charge is 0.266 e. The Kier molecular flexibility index (Phi) is 3.67. The molecule has 0 bridgehead atoms. The Hall–Kier alpha value is -1.83. The van der Waals surface area contributed by atoms with E-state index in [4.69, 9.17) is 0 Å². The molecule has 0 spiro atoms. The number of hydrogen-bond donors (Lipinski definition) is 0. The van der Waals surface area contributed by atoms with Crippen LogP contribution in [0.25, 0.3) is 11.8 Å². The second-order valence-corrected chi connectivity index (χ2v) is 8.11. The highest BCUT2D eigenvalue weighted by Crippen LogP contribution is 2.37. The summed E-state index contributed by atoms with van der Waals surface area (Å²) in [7, 11) is 0. The monoisotopic (exact) mass is 321 g/mol. The number of para-hydroxylation sites is 1. The summed E-state index contributed by atoms with van der Waals surface area (Å²) in [6.45, 7) is 9.20. The third-order valence-electron chi connectivity index (χ3n) is 5.96. The summed E-state index contributed by atoms with van der Waals surface area (Å²) in [5.41, 5.74) is 5.55. The summed E-state index contributed by atoms with van der Waals surface area (Å²) in [6.07, 6.45) is 11.5. The topological polar surface area (TPSA) is 8.81 Å². The van der Waals surface area contributed by atoms with Gasteiger partial charge in [-0.15, -0.1) is 0 Å². The molecule has 0 unspecified atom stereocenters. The first-order valence-electron chi connectivity index (χ1n) is 9.43. The standard InChI is InChI=1S/C22H29N2/c1-16-10-8-9-13-19(16)23-17(2)20-14-15-22(3,4)24(20)21(23)18-11-6-5-7-12-18/h8-10,13-15,18H,5-7,11-12H2,1-4H3/q+1. The van der Waals surface area contributed by atoms with Crippen LogP contribution in [0.15, 0.2) is 30.3 Å². The highest BCUT2D eigenvalue weighted by molar-refractivity contribution is 5.53. The lowest BCUT2D eigenvalue weighted by atomic mass is 9.87. The summed E-state index contributed by atoms with van der Waals surface area (Å²) < 4.78 is 5.18. The second-order valence-electron chi connectivity index (χ2n) is 8.11. The van der Waals surface area contributed by atoms with E-state index in [0.717, 1.165) is 0 Å². The van der Waals surface area contributed by atoms with Gasteiger partial charge in [0.1, 0.15) is 11.2 Å². The maximum atomic E-state index is 2.62. The predicted molar refractivity (Wildman–Crippen MR) is 99.6 cm³/mol. The summed E-state index contributed by atoms with van der Waals surface area (Å²) in [5, 5.41) is 0. The fraction of sp³-hybridized carbons (Fsp3) is 0.500. The quantitative estimate of drug-likeness (QED) is 0.673. The molecule has 1 aliphatic carbocycles. The summed E-state index contributed by atoms with van der Waals surface area (Å²) >= 11 is 0. The van der Waals surface area contributed by atoms with Crippen LogP contribution in [0.4, 0.5) is 0 Å². The zero-order chi connectivity index (χ0) is 16.9. The fourth-order valence-electron chi connectivity index (χ4n) is 4.67. The number of rotatable bonds is 2. The molecule has 4 rings (SSSR count). The number of benzene rings is 1. The molecule has 0 amide bonds. The Bertz CT molecular complexity index is 802. The van der Waals surface area contributed by atoms with Crippen LogP contribution in [-0.2, 0) is 5.54 Å². The lowest BCUT2D eigenvalue weighted by Gasteiger charge is -2.24. The van der Waals surface area contributed by atoms with Crippen molar-refractivity contribution >= 4 is 6.08 Å². The summed E-state index contributed by atoms with van der Waals surface area (Å²) in [4.78, 5) is 0. The van der Waals surface area contributed by atoms with E-state index >= 15 is 0 Å². The van der Waals surface area contributed by atoms with Gasteiger partial charge in [-0.05, 0) is 57.4 Å². The zero-order valence-electron chi connectivity index (χ0n) is 15.5. The number of imidazole rings is 1. The minimum Gasteiger partial charge on any atom is -0.218 e. The Labute approximate surface area is 145 Å². The van der Waals surface area contributed by atoms with Crippen LogP contribution < -0.4 is 4.57 Å². The minimum absolute atomic E-state index is 0.0702. The van der Waals surface area contributed by atoms with E-state index in [1.165, 1.54) is 60.6 Å². The molecule has 2 aliphatic rings. The van der Waals surface area contributed by atoms with Crippen molar-refractivity contribution in [3.8, 4) is 5.69 Å². The van der Waals surface area contributed by atoms with Crippen LogP contribution >= 0.6 is 0 Å². The molecule has 0 atom stereocenters. The Morgan fingerprint density at radius 1 is 1.04 bits per heavy atom. The first-order chi connectivity index (χ1) is 11.5. The molecule has 2 aromatic rings. The molecule has 1 aromatic heterocycles. The molecular formula is C22H29N2+. The number of nitrogens with zero attached hydrogens (tertiary/aromatic N) is 2. The van der Waals surface area contributed by atoms with Crippen molar-refractivity contribution in [2.24, 2.45) is 0 Å². The highest BCUT2D eigenvalue weighted by atomic mass is 15.2. The number of allylic oxidation sites excluding steroid dienone is 1. The van der Waals surface area contributed by atoms with Crippen LogP contribution in [0.5, 0.6) is 0 Å². The van der Waals surface area contributed by atoms with Gasteiger partial charge in [0.25, 0.3) is 5.82 Å². The van der Waals surface area contributed by atoms with Gasteiger partial charge in [-0.3, -0.25) is 0 Å². The molecule has 126 valence electrons.